The van der Waals surface area contributed by atoms with Crippen molar-refractivity contribution < 1.29 is 22.7 Å². The molecule has 0 saturated heterocycles. The number of anilines is 1. The van der Waals surface area contributed by atoms with Gasteiger partial charge >= 0.3 is 12.3 Å². The van der Waals surface area contributed by atoms with Crippen LogP contribution in [0.3, 0.4) is 0 Å². The van der Waals surface area contributed by atoms with Crippen LogP contribution in [0.2, 0.25) is 0 Å². The zero-order valence-electron chi connectivity index (χ0n) is 9.21. The lowest BCUT2D eigenvalue weighted by molar-refractivity contribution is -0.141. The topological polar surface area (TPSA) is 51.2 Å². The number of hydrogen-bond donors (Lipinski definition) is 1. The molecule has 0 aromatic carbocycles. The minimum absolute atomic E-state index is 0.0158. The number of rotatable bonds is 2. The summed E-state index contributed by atoms with van der Waals surface area (Å²) in [7, 11) is 0. The highest BCUT2D eigenvalue weighted by Gasteiger charge is 2.32. The SMILES string of the molecule is CC(C)OC(=O)Nc1ccnc(C(F)(F)F)c1. The second-order valence-corrected chi connectivity index (χ2v) is 3.51. The van der Waals surface area contributed by atoms with Gasteiger partial charge in [-0.3, -0.25) is 10.3 Å². The molecule has 0 aliphatic rings. The second-order valence-electron chi connectivity index (χ2n) is 3.51. The molecule has 0 radical (unpaired) electrons. The molecular weight excluding hydrogens is 237 g/mol. The molecule has 0 bridgehead atoms. The average molecular weight is 248 g/mol. The van der Waals surface area contributed by atoms with E-state index in [0.717, 1.165) is 12.3 Å². The van der Waals surface area contributed by atoms with Crippen LogP contribution in [0.4, 0.5) is 23.7 Å². The number of carbonyl (C=O) groups excluding carboxylic acids is 1. The van der Waals surface area contributed by atoms with E-state index in [1.165, 1.54) is 6.07 Å². The Kier molecular flexibility index (Phi) is 3.93. The van der Waals surface area contributed by atoms with Crippen molar-refractivity contribution in [1.29, 1.82) is 0 Å². The number of ether oxygens (including phenoxy) is 1. The van der Waals surface area contributed by atoms with Crippen LogP contribution < -0.4 is 5.32 Å². The maximum atomic E-state index is 12.3. The Balaban J connectivity index is 2.76. The van der Waals surface area contributed by atoms with Crippen LogP contribution in [-0.2, 0) is 10.9 Å². The third-order valence-electron chi connectivity index (χ3n) is 1.64. The van der Waals surface area contributed by atoms with Gasteiger partial charge in [-0.15, -0.1) is 0 Å². The molecule has 0 saturated carbocycles. The molecule has 1 amide bonds. The zero-order valence-corrected chi connectivity index (χ0v) is 9.21. The van der Waals surface area contributed by atoms with Crippen molar-refractivity contribution in [3.05, 3.63) is 24.0 Å². The van der Waals surface area contributed by atoms with Crippen molar-refractivity contribution in [2.24, 2.45) is 0 Å². The van der Waals surface area contributed by atoms with E-state index in [1.54, 1.807) is 13.8 Å². The first-order chi connectivity index (χ1) is 7.79. The Morgan fingerprint density at radius 3 is 2.65 bits per heavy atom. The number of aromatic nitrogens is 1. The second kappa shape index (κ2) is 5.03. The van der Waals surface area contributed by atoms with Gasteiger partial charge in [0.2, 0.25) is 0 Å². The number of amides is 1. The maximum Gasteiger partial charge on any atom is 0.433 e. The predicted molar refractivity (Wildman–Crippen MR) is 54.5 cm³/mol. The molecule has 1 rings (SSSR count). The number of nitrogens with zero attached hydrogens (tertiary/aromatic N) is 1. The van der Waals surface area contributed by atoms with Gasteiger partial charge in [-0.05, 0) is 26.0 Å². The Morgan fingerprint density at radius 1 is 1.47 bits per heavy atom. The molecule has 0 aliphatic carbocycles. The maximum absolute atomic E-state index is 12.3. The van der Waals surface area contributed by atoms with Crippen LogP contribution >= 0.6 is 0 Å². The van der Waals surface area contributed by atoms with Crippen molar-refractivity contribution >= 4 is 11.8 Å². The third kappa shape index (κ3) is 4.29. The lowest BCUT2D eigenvalue weighted by Gasteiger charge is -2.11. The molecule has 0 aliphatic heterocycles. The Hall–Kier alpha value is -1.79. The van der Waals surface area contributed by atoms with Crippen molar-refractivity contribution in [2.75, 3.05) is 5.32 Å². The molecule has 4 nitrogen and oxygen atoms in total. The van der Waals surface area contributed by atoms with Crippen LogP contribution in [0.5, 0.6) is 0 Å². The monoisotopic (exact) mass is 248 g/mol. The van der Waals surface area contributed by atoms with Gasteiger partial charge in [0.15, 0.2) is 0 Å². The van der Waals surface area contributed by atoms with Gasteiger partial charge in [0, 0.05) is 11.9 Å². The summed E-state index contributed by atoms with van der Waals surface area (Å²) in [6.45, 7) is 3.26. The molecule has 1 aromatic rings. The number of nitrogens with one attached hydrogen (secondary N) is 1. The molecule has 17 heavy (non-hydrogen) atoms. The predicted octanol–water partition coefficient (Wildman–Crippen LogP) is 3.06. The van der Waals surface area contributed by atoms with Gasteiger partial charge in [-0.25, -0.2) is 4.79 Å². The highest BCUT2D eigenvalue weighted by atomic mass is 19.4. The van der Waals surface area contributed by atoms with E-state index < -0.39 is 18.0 Å². The van der Waals surface area contributed by atoms with Gasteiger partial charge in [-0.1, -0.05) is 0 Å². The lowest BCUT2D eigenvalue weighted by Crippen LogP contribution is -2.18. The summed E-state index contributed by atoms with van der Waals surface area (Å²) in [6, 6.07) is 1.98. The van der Waals surface area contributed by atoms with Crippen LogP contribution in [0.1, 0.15) is 19.5 Å². The smallest absolute Gasteiger partial charge is 0.433 e. The first-order valence-corrected chi connectivity index (χ1v) is 4.80. The molecule has 0 unspecified atom stereocenters. The van der Waals surface area contributed by atoms with Crippen molar-refractivity contribution in [3.63, 3.8) is 0 Å². The summed E-state index contributed by atoms with van der Waals surface area (Å²) in [5, 5.41) is 2.18. The summed E-state index contributed by atoms with van der Waals surface area (Å²) in [5.74, 6) is 0. The summed E-state index contributed by atoms with van der Waals surface area (Å²) in [5.41, 5.74) is -1.09. The fraction of sp³-hybridized carbons (Fsp3) is 0.400. The van der Waals surface area contributed by atoms with E-state index in [1.807, 2.05) is 0 Å². The van der Waals surface area contributed by atoms with E-state index in [9.17, 15) is 18.0 Å². The molecule has 0 spiro atoms. The van der Waals surface area contributed by atoms with E-state index in [0.29, 0.717) is 0 Å². The van der Waals surface area contributed by atoms with Crippen molar-refractivity contribution in [2.45, 2.75) is 26.1 Å². The van der Waals surface area contributed by atoms with Crippen LogP contribution in [0, 0.1) is 0 Å². The highest BCUT2D eigenvalue weighted by Crippen LogP contribution is 2.28. The Bertz CT molecular complexity index is 405. The zero-order chi connectivity index (χ0) is 13.1. The summed E-state index contributed by atoms with van der Waals surface area (Å²) in [6.07, 6.45) is -4.73. The fourth-order valence-electron chi connectivity index (χ4n) is 1.02. The van der Waals surface area contributed by atoms with E-state index in [2.05, 4.69) is 10.3 Å². The van der Waals surface area contributed by atoms with Gasteiger partial charge in [0.25, 0.3) is 0 Å². The van der Waals surface area contributed by atoms with Gasteiger partial charge in [0.05, 0.1) is 6.10 Å². The van der Waals surface area contributed by atoms with Crippen molar-refractivity contribution in [3.8, 4) is 0 Å². The van der Waals surface area contributed by atoms with Gasteiger partial charge in [0.1, 0.15) is 5.69 Å². The van der Waals surface area contributed by atoms with Gasteiger partial charge < -0.3 is 4.74 Å². The van der Waals surface area contributed by atoms with Gasteiger partial charge in [-0.2, -0.15) is 13.2 Å². The van der Waals surface area contributed by atoms with E-state index in [4.69, 9.17) is 4.74 Å². The summed E-state index contributed by atoms with van der Waals surface area (Å²) < 4.78 is 41.7. The van der Waals surface area contributed by atoms with E-state index >= 15 is 0 Å². The average Bonchev–Trinajstić information content (AvgIpc) is 2.15. The number of alkyl halides is 3. The summed E-state index contributed by atoms with van der Waals surface area (Å²) in [4.78, 5) is 14.3. The summed E-state index contributed by atoms with van der Waals surface area (Å²) >= 11 is 0. The first kappa shape index (κ1) is 13.3. The van der Waals surface area contributed by atoms with Crippen molar-refractivity contribution in [1.82, 2.24) is 4.98 Å². The molecule has 1 aromatic heterocycles. The third-order valence-corrected chi connectivity index (χ3v) is 1.64. The first-order valence-electron chi connectivity index (χ1n) is 4.80. The highest BCUT2D eigenvalue weighted by molar-refractivity contribution is 5.84. The molecule has 1 N–H and O–H groups in total. The van der Waals surface area contributed by atoms with Crippen LogP contribution in [0.25, 0.3) is 0 Å². The normalized spacial score (nSPS) is 11.4. The molecule has 0 fully saturated rings. The number of carbonyl (C=O) groups is 1. The van der Waals surface area contributed by atoms with Crippen LogP contribution in [0.15, 0.2) is 18.3 Å². The molecule has 1 heterocycles. The molecule has 7 heteroatoms. The largest absolute Gasteiger partial charge is 0.447 e. The Morgan fingerprint density at radius 2 is 2.12 bits per heavy atom. The van der Waals surface area contributed by atoms with E-state index in [-0.39, 0.29) is 11.8 Å². The standard InChI is InChI=1S/C10H11F3N2O2/c1-6(2)17-9(16)15-7-3-4-14-8(5-7)10(11,12)13/h3-6H,1-2H3,(H,14,15,16). The minimum atomic E-state index is -4.54. The number of pyridine rings is 1. The fourth-order valence-corrected chi connectivity index (χ4v) is 1.02. The van der Waals surface area contributed by atoms with Crippen LogP contribution in [-0.4, -0.2) is 17.2 Å². The number of hydrogen-bond acceptors (Lipinski definition) is 3. The minimum Gasteiger partial charge on any atom is -0.447 e. The Labute approximate surface area is 95.8 Å². The quantitative estimate of drug-likeness (QED) is 0.875. The number of halogens is 3. The molecular formula is C10H11F3N2O2. The molecule has 0 atom stereocenters. The lowest BCUT2D eigenvalue weighted by atomic mass is 10.3. The molecule has 94 valence electrons.